The molecular formula is C12H8BrClFNO. The standard InChI is InChI=1S/C12H8BrClFNO/c13-9-5-7(14)1-3-11(9)17-12-4-2-8(16)6-10(12)15/h1-6H,16H2. The van der Waals surface area contributed by atoms with Gasteiger partial charge in [-0.15, -0.1) is 0 Å². The Labute approximate surface area is 111 Å². The molecule has 17 heavy (non-hydrogen) atoms. The Morgan fingerprint density at radius 3 is 2.47 bits per heavy atom. The molecule has 88 valence electrons. The van der Waals surface area contributed by atoms with Gasteiger partial charge >= 0.3 is 0 Å². The molecule has 0 radical (unpaired) electrons. The lowest BCUT2D eigenvalue weighted by Crippen LogP contribution is -1.91. The minimum absolute atomic E-state index is 0.113. The molecule has 0 fully saturated rings. The van der Waals surface area contributed by atoms with Crippen LogP contribution in [-0.2, 0) is 0 Å². The van der Waals surface area contributed by atoms with E-state index in [0.29, 0.717) is 20.9 Å². The highest BCUT2D eigenvalue weighted by Gasteiger charge is 2.08. The molecule has 0 aromatic heterocycles. The molecule has 5 heteroatoms. The highest BCUT2D eigenvalue weighted by molar-refractivity contribution is 9.10. The van der Waals surface area contributed by atoms with E-state index in [-0.39, 0.29) is 5.75 Å². The number of hydrogen-bond donors (Lipinski definition) is 1. The van der Waals surface area contributed by atoms with Gasteiger partial charge in [0.2, 0.25) is 0 Å². The maximum Gasteiger partial charge on any atom is 0.167 e. The summed E-state index contributed by atoms with van der Waals surface area (Å²) in [5.41, 5.74) is 5.80. The van der Waals surface area contributed by atoms with E-state index in [1.54, 1.807) is 24.3 Å². The predicted octanol–water partition coefficient (Wildman–Crippen LogP) is 4.62. The van der Waals surface area contributed by atoms with Gasteiger partial charge in [-0.1, -0.05) is 11.6 Å². The number of nitrogens with two attached hydrogens (primary N) is 1. The second kappa shape index (κ2) is 4.94. The second-order valence-electron chi connectivity index (χ2n) is 3.37. The molecule has 0 aliphatic carbocycles. The second-order valence-corrected chi connectivity index (χ2v) is 4.66. The molecule has 2 aromatic rings. The molecule has 0 atom stereocenters. The Morgan fingerprint density at radius 1 is 1.12 bits per heavy atom. The van der Waals surface area contributed by atoms with Crippen LogP contribution in [0.3, 0.4) is 0 Å². The quantitative estimate of drug-likeness (QED) is 0.821. The van der Waals surface area contributed by atoms with Crippen LogP contribution in [0.15, 0.2) is 40.9 Å². The van der Waals surface area contributed by atoms with E-state index in [1.165, 1.54) is 12.1 Å². The number of halogens is 3. The fourth-order valence-corrected chi connectivity index (χ4v) is 2.04. The Hall–Kier alpha value is -1.26. The molecule has 0 amide bonds. The Morgan fingerprint density at radius 2 is 1.82 bits per heavy atom. The third kappa shape index (κ3) is 2.90. The van der Waals surface area contributed by atoms with E-state index in [4.69, 9.17) is 22.1 Å². The molecule has 0 unspecified atom stereocenters. The zero-order valence-corrected chi connectivity index (χ0v) is 10.9. The van der Waals surface area contributed by atoms with Gasteiger partial charge in [0.15, 0.2) is 11.6 Å². The van der Waals surface area contributed by atoms with Crippen molar-refractivity contribution >= 4 is 33.2 Å². The van der Waals surface area contributed by atoms with Gasteiger partial charge in [0, 0.05) is 16.8 Å². The first-order chi connectivity index (χ1) is 8.06. The first-order valence-electron chi connectivity index (χ1n) is 4.74. The third-order valence-corrected chi connectivity index (χ3v) is 2.92. The van der Waals surface area contributed by atoms with E-state index in [1.807, 2.05) is 0 Å². The lowest BCUT2D eigenvalue weighted by Gasteiger charge is -2.09. The van der Waals surface area contributed by atoms with E-state index < -0.39 is 5.82 Å². The van der Waals surface area contributed by atoms with E-state index >= 15 is 0 Å². The summed E-state index contributed by atoms with van der Waals surface area (Å²) in [7, 11) is 0. The SMILES string of the molecule is Nc1ccc(Oc2ccc(Cl)cc2Br)c(F)c1. The van der Waals surface area contributed by atoms with Crippen molar-refractivity contribution < 1.29 is 9.13 Å². The van der Waals surface area contributed by atoms with Gasteiger partial charge in [-0.3, -0.25) is 0 Å². The molecule has 2 rings (SSSR count). The fraction of sp³-hybridized carbons (Fsp3) is 0. The Kier molecular flexibility index (Phi) is 3.54. The van der Waals surface area contributed by atoms with Crippen LogP contribution in [0.4, 0.5) is 10.1 Å². The Balaban J connectivity index is 2.31. The van der Waals surface area contributed by atoms with E-state index in [0.717, 1.165) is 0 Å². The number of anilines is 1. The van der Waals surface area contributed by atoms with Gasteiger partial charge in [-0.25, -0.2) is 4.39 Å². The van der Waals surface area contributed by atoms with Gasteiger partial charge in [-0.05, 0) is 46.3 Å². The molecule has 2 nitrogen and oxygen atoms in total. The molecule has 0 heterocycles. The summed E-state index contributed by atoms with van der Waals surface area (Å²) in [6.45, 7) is 0. The fourth-order valence-electron chi connectivity index (χ4n) is 1.28. The average Bonchev–Trinajstić information content (AvgIpc) is 2.25. The van der Waals surface area contributed by atoms with Crippen molar-refractivity contribution in [2.75, 3.05) is 5.73 Å². The molecule has 0 saturated carbocycles. The van der Waals surface area contributed by atoms with Gasteiger partial charge in [0.1, 0.15) is 5.75 Å². The number of ether oxygens (including phenoxy) is 1. The first kappa shape index (κ1) is 12.2. The minimum Gasteiger partial charge on any atom is -0.453 e. The molecule has 2 aromatic carbocycles. The molecule has 0 aliphatic rings. The van der Waals surface area contributed by atoms with E-state index in [9.17, 15) is 4.39 Å². The van der Waals surface area contributed by atoms with Crippen LogP contribution >= 0.6 is 27.5 Å². The maximum absolute atomic E-state index is 13.5. The summed E-state index contributed by atoms with van der Waals surface area (Å²) in [5, 5.41) is 0.571. The highest BCUT2D eigenvalue weighted by Crippen LogP contribution is 2.33. The molecule has 0 aliphatic heterocycles. The molecule has 2 N–H and O–H groups in total. The number of nitrogen functional groups attached to an aromatic ring is 1. The summed E-state index contributed by atoms with van der Waals surface area (Å²) < 4.78 is 19.6. The van der Waals surface area contributed by atoms with Crippen molar-refractivity contribution in [3.05, 3.63) is 51.7 Å². The summed E-state index contributed by atoms with van der Waals surface area (Å²) in [6, 6.07) is 9.25. The summed E-state index contributed by atoms with van der Waals surface area (Å²) in [5.74, 6) is 0.0899. The van der Waals surface area contributed by atoms with Crippen LogP contribution in [0.25, 0.3) is 0 Å². The van der Waals surface area contributed by atoms with Crippen molar-refractivity contribution in [1.82, 2.24) is 0 Å². The van der Waals surface area contributed by atoms with Crippen LogP contribution in [0.2, 0.25) is 5.02 Å². The van der Waals surface area contributed by atoms with Crippen molar-refractivity contribution in [2.24, 2.45) is 0 Å². The van der Waals surface area contributed by atoms with Crippen molar-refractivity contribution in [2.45, 2.75) is 0 Å². The normalized spacial score (nSPS) is 10.3. The third-order valence-electron chi connectivity index (χ3n) is 2.07. The highest BCUT2D eigenvalue weighted by atomic mass is 79.9. The maximum atomic E-state index is 13.5. The van der Waals surface area contributed by atoms with Crippen LogP contribution in [0.1, 0.15) is 0 Å². The minimum atomic E-state index is -0.508. The molecular weight excluding hydrogens is 308 g/mol. The number of benzene rings is 2. The largest absolute Gasteiger partial charge is 0.453 e. The molecule has 0 spiro atoms. The van der Waals surface area contributed by atoms with Gasteiger partial charge < -0.3 is 10.5 Å². The van der Waals surface area contributed by atoms with Gasteiger partial charge in [0.25, 0.3) is 0 Å². The summed E-state index contributed by atoms with van der Waals surface area (Å²) in [4.78, 5) is 0. The van der Waals surface area contributed by atoms with Crippen LogP contribution in [0, 0.1) is 5.82 Å². The average molecular weight is 317 g/mol. The van der Waals surface area contributed by atoms with Crippen molar-refractivity contribution in [1.29, 1.82) is 0 Å². The Bertz CT molecular complexity index is 513. The lowest BCUT2D eigenvalue weighted by molar-refractivity contribution is 0.440. The van der Waals surface area contributed by atoms with Crippen LogP contribution in [0.5, 0.6) is 11.5 Å². The first-order valence-corrected chi connectivity index (χ1v) is 5.91. The van der Waals surface area contributed by atoms with Crippen LogP contribution in [-0.4, -0.2) is 0 Å². The smallest absolute Gasteiger partial charge is 0.167 e. The lowest BCUT2D eigenvalue weighted by atomic mass is 10.3. The predicted molar refractivity (Wildman–Crippen MR) is 70.0 cm³/mol. The molecule has 0 bridgehead atoms. The zero-order valence-electron chi connectivity index (χ0n) is 8.58. The van der Waals surface area contributed by atoms with Gasteiger partial charge in [-0.2, -0.15) is 0 Å². The monoisotopic (exact) mass is 315 g/mol. The van der Waals surface area contributed by atoms with Crippen LogP contribution < -0.4 is 10.5 Å². The number of hydrogen-bond acceptors (Lipinski definition) is 2. The van der Waals surface area contributed by atoms with Gasteiger partial charge in [0.05, 0.1) is 4.47 Å². The van der Waals surface area contributed by atoms with E-state index in [2.05, 4.69) is 15.9 Å². The molecule has 0 saturated heterocycles. The van der Waals surface area contributed by atoms with Crippen molar-refractivity contribution in [3.63, 3.8) is 0 Å². The number of rotatable bonds is 2. The van der Waals surface area contributed by atoms with Crippen molar-refractivity contribution in [3.8, 4) is 11.5 Å². The topological polar surface area (TPSA) is 35.2 Å². The zero-order chi connectivity index (χ0) is 12.4. The summed E-state index contributed by atoms with van der Waals surface area (Å²) in [6.07, 6.45) is 0. The summed E-state index contributed by atoms with van der Waals surface area (Å²) >= 11 is 9.08.